The topological polar surface area (TPSA) is 42.4 Å². The van der Waals surface area contributed by atoms with Crippen LogP contribution in [0.5, 0.6) is 5.75 Å². The summed E-state index contributed by atoms with van der Waals surface area (Å²) in [6, 6.07) is 5.43. The van der Waals surface area contributed by atoms with Crippen LogP contribution in [0.3, 0.4) is 0 Å². The number of aliphatic hydroxyl groups is 1. The second-order valence-corrected chi connectivity index (χ2v) is 4.48. The molecule has 0 fully saturated rings. The maximum Gasteiger partial charge on any atom is 0.123 e. The van der Waals surface area contributed by atoms with Crippen LogP contribution in [-0.4, -0.2) is 17.2 Å². The lowest BCUT2D eigenvalue weighted by atomic mass is 10.2. The van der Waals surface area contributed by atoms with Gasteiger partial charge in [0.2, 0.25) is 0 Å². The van der Waals surface area contributed by atoms with Crippen LogP contribution >= 0.6 is 22.9 Å². The average Bonchev–Trinajstić information content (AvgIpc) is 2.76. The molecule has 2 rings (SSSR count). The molecule has 1 N–H and O–H groups in total. The first-order chi connectivity index (χ1) is 7.72. The molecule has 0 unspecified atom stereocenters. The van der Waals surface area contributed by atoms with Gasteiger partial charge in [-0.05, 0) is 18.2 Å². The maximum absolute atomic E-state index is 8.95. The van der Waals surface area contributed by atoms with Gasteiger partial charge >= 0.3 is 0 Å². The number of hydrogen-bond acceptors (Lipinski definition) is 4. The van der Waals surface area contributed by atoms with Gasteiger partial charge in [0.15, 0.2) is 0 Å². The van der Waals surface area contributed by atoms with Crippen LogP contribution in [0.2, 0.25) is 5.02 Å². The lowest BCUT2D eigenvalue weighted by Crippen LogP contribution is -1.86. The standard InChI is InChI=1S/C11H10ClNO2S/c1-15-10-3-7(2-8(12)4-10)11-13-9(5-14)6-16-11/h2-4,6,14H,5H2,1H3. The first-order valence-electron chi connectivity index (χ1n) is 4.63. The molecule has 16 heavy (non-hydrogen) atoms. The summed E-state index contributed by atoms with van der Waals surface area (Å²) in [4.78, 5) is 4.27. The van der Waals surface area contributed by atoms with E-state index in [1.54, 1.807) is 13.2 Å². The van der Waals surface area contributed by atoms with Crippen molar-refractivity contribution in [3.8, 4) is 16.3 Å². The SMILES string of the molecule is COc1cc(Cl)cc(-c2nc(CO)cs2)c1. The maximum atomic E-state index is 8.95. The van der Waals surface area contributed by atoms with Gasteiger partial charge in [0, 0.05) is 16.0 Å². The minimum absolute atomic E-state index is 0.0474. The molecule has 1 aromatic heterocycles. The second kappa shape index (κ2) is 4.82. The van der Waals surface area contributed by atoms with Gasteiger partial charge in [0.1, 0.15) is 10.8 Å². The van der Waals surface area contributed by atoms with E-state index < -0.39 is 0 Å². The lowest BCUT2D eigenvalue weighted by Gasteiger charge is -2.03. The molecule has 0 aliphatic carbocycles. The predicted octanol–water partition coefficient (Wildman–Crippen LogP) is 2.96. The van der Waals surface area contributed by atoms with Crippen molar-refractivity contribution < 1.29 is 9.84 Å². The number of methoxy groups -OCH3 is 1. The van der Waals surface area contributed by atoms with Crippen molar-refractivity contribution in [1.29, 1.82) is 0 Å². The van der Waals surface area contributed by atoms with Crippen LogP contribution in [0.1, 0.15) is 5.69 Å². The molecule has 1 aromatic carbocycles. The Balaban J connectivity index is 2.42. The van der Waals surface area contributed by atoms with Crippen molar-refractivity contribution in [2.24, 2.45) is 0 Å². The summed E-state index contributed by atoms with van der Waals surface area (Å²) in [5.74, 6) is 0.697. The number of nitrogens with zero attached hydrogens (tertiary/aromatic N) is 1. The van der Waals surface area contributed by atoms with Gasteiger partial charge in [-0.1, -0.05) is 11.6 Å². The molecule has 2 aromatic rings. The zero-order valence-corrected chi connectivity index (χ0v) is 10.2. The fourth-order valence-corrected chi connectivity index (χ4v) is 2.34. The van der Waals surface area contributed by atoms with E-state index >= 15 is 0 Å². The van der Waals surface area contributed by atoms with Crippen LogP contribution in [-0.2, 0) is 6.61 Å². The van der Waals surface area contributed by atoms with E-state index in [0.717, 1.165) is 10.6 Å². The molecule has 5 heteroatoms. The molecule has 0 radical (unpaired) electrons. The van der Waals surface area contributed by atoms with Crippen molar-refractivity contribution in [2.75, 3.05) is 7.11 Å². The quantitative estimate of drug-likeness (QED) is 0.917. The summed E-state index contributed by atoms with van der Waals surface area (Å²) >= 11 is 7.44. The highest BCUT2D eigenvalue weighted by Gasteiger charge is 2.07. The van der Waals surface area contributed by atoms with Gasteiger partial charge < -0.3 is 9.84 Å². The van der Waals surface area contributed by atoms with Crippen LogP contribution in [0.15, 0.2) is 23.6 Å². The molecule has 0 amide bonds. The fraction of sp³-hybridized carbons (Fsp3) is 0.182. The third-order valence-electron chi connectivity index (χ3n) is 2.07. The highest BCUT2D eigenvalue weighted by atomic mass is 35.5. The lowest BCUT2D eigenvalue weighted by molar-refractivity contribution is 0.278. The number of ether oxygens (including phenoxy) is 1. The van der Waals surface area contributed by atoms with E-state index in [9.17, 15) is 0 Å². The Morgan fingerprint density at radius 3 is 2.88 bits per heavy atom. The van der Waals surface area contributed by atoms with Crippen molar-refractivity contribution in [3.63, 3.8) is 0 Å². The molecule has 0 bridgehead atoms. The number of halogens is 1. The molecule has 0 saturated carbocycles. The summed E-state index contributed by atoms with van der Waals surface area (Å²) in [6.07, 6.45) is 0. The summed E-state index contributed by atoms with van der Waals surface area (Å²) in [7, 11) is 1.59. The Kier molecular flexibility index (Phi) is 3.43. The molecule has 0 aliphatic rings. The van der Waals surface area contributed by atoms with Gasteiger partial charge in [-0.15, -0.1) is 11.3 Å². The first kappa shape index (κ1) is 11.4. The molecular formula is C11H10ClNO2S. The van der Waals surface area contributed by atoms with Gasteiger partial charge in [-0.2, -0.15) is 0 Å². The Bertz CT molecular complexity index is 498. The number of benzene rings is 1. The average molecular weight is 256 g/mol. The molecule has 84 valence electrons. The monoisotopic (exact) mass is 255 g/mol. The van der Waals surface area contributed by atoms with Crippen LogP contribution in [0.4, 0.5) is 0 Å². The van der Waals surface area contributed by atoms with Crippen molar-refractivity contribution in [2.45, 2.75) is 6.61 Å². The Labute approximate surface area is 102 Å². The third-order valence-corrected chi connectivity index (χ3v) is 3.23. The normalized spacial score (nSPS) is 10.4. The number of hydrogen-bond donors (Lipinski definition) is 1. The van der Waals surface area contributed by atoms with Crippen molar-refractivity contribution >= 4 is 22.9 Å². The van der Waals surface area contributed by atoms with Gasteiger partial charge in [-0.25, -0.2) is 4.98 Å². The Morgan fingerprint density at radius 2 is 2.25 bits per heavy atom. The van der Waals surface area contributed by atoms with Crippen LogP contribution < -0.4 is 4.74 Å². The Morgan fingerprint density at radius 1 is 1.44 bits per heavy atom. The largest absolute Gasteiger partial charge is 0.497 e. The van der Waals surface area contributed by atoms with Crippen molar-refractivity contribution in [1.82, 2.24) is 4.98 Å². The third kappa shape index (κ3) is 2.35. The minimum Gasteiger partial charge on any atom is -0.497 e. The van der Waals surface area contributed by atoms with E-state index in [1.165, 1.54) is 11.3 Å². The predicted molar refractivity (Wildman–Crippen MR) is 65.0 cm³/mol. The number of rotatable bonds is 3. The van der Waals surface area contributed by atoms with E-state index in [-0.39, 0.29) is 6.61 Å². The van der Waals surface area contributed by atoms with Gasteiger partial charge in [0.05, 0.1) is 19.4 Å². The summed E-state index contributed by atoms with van der Waals surface area (Å²) in [5.41, 5.74) is 1.56. The van der Waals surface area contributed by atoms with Crippen LogP contribution in [0.25, 0.3) is 10.6 Å². The summed E-state index contributed by atoms with van der Waals surface area (Å²) in [5, 5.41) is 12.2. The van der Waals surface area contributed by atoms with E-state index in [4.69, 9.17) is 21.4 Å². The van der Waals surface area contributed by atoms with Gasteiger partial charge in [0.25, 0.3) is 0 Å². The molecule has 0 atom stereocenters. The van der Waals surface area contributed by atoms with E-state index in [0.29, 0.717) is 16.5 Å². The van der Waals surface area contributed by atoms with Crippen molar-refractivity contribution in [3.05, 3.63) is 34.3 Å². The zero-order chi connectivity index (χ0) is 11.5. The van der Waals surface area contributed by atoms with Crippen LogP contribution in [0, 0.1) is 0 Å². The molecule has 0 aliphatic heterocycles. The number of thiazole rings is 1. The number of aliphatic hydroxyl groups excluding tert-OH is 1. The van der Waals surface area contributed by atoms with E-state index in [2.05, 4.69) is 4.98 Å². The van der Waals surface area contributed by atoms with Gasteiger partial charge in [-0.3, -0.25) is 0 Å². The smallest absolute Gasteiger partial charge is 0.123 e. The summed E-state index contributed by atoms with van der Waals surface area (Å²) < 4.78 is 5.13. The Hall–Kier alpha value is -1.10. The second-order valence-electron chi connectivity index (χ2n) is 3.18. The first-order valence-corrected chi connectivity index (χ1v) is 5.89. The molecule has 0 spiro atoms. The minimum atomic E-state index is -0.0474. The number of aromatic nitrogens is 1. The highest BCUT2D eigenvalue weighted by Crippen LogP contribution is 2.30. The molecule has 1 heterocycles. The summed E-state index contributed by atoms with van der Waals surface area (Å²) in [6.45, 7) is -0.0474. The zero-order valence-electron chi connectivity index (χ0n) is 8.61. The molecular weight excluding hydrogens is 246 g/mol. The molecule has 0 saturated heterocycles. The van der Waals surface area contributed by atoms with E-state index in [1.807, 2.05) is 17.5 Å². The molecule has 3 nitrogen and oxygen atoms in total. The fourth-order valence-electron chi connectivity index (χ4n) is 1.32. The highest BCUT2D eigenvalue weighted by molar-refractivity contribution is 7.13.